The molecule has 0 spiro atoms. The summed E-state index contributed by atoms with van der Waals surface area (Å²) in [4.78, 5) is 2.50. The van der Waals surface area contributed by atoms with Crippen LogP contribution in [0.1, 0.15) is 95.9 Å². The highest BCUT2D eigenvalue weighted by Gasteiger charge is 2.35. The molecule has 4 nitrogen and oxygen atoms in total. The molecule has 0 amide bonds. The summed E-state index contributed by atoms with van der Waals surface area (Å²) < 4.78 is 14.5. The summed E-state index contributed by atoms with van der Waals surface area (Å²) >= 11 is 0. The number of rotatable bonds is 12. The molecule has 6 aromatic rings. The maximum absolute atomic E-state index is 6.01. The van der Waals surface area contributed by atoms with Crippen LogP contribution in [-0.4, -0.2) is 38.2 Å². The zero-order valence-electron chi connectivity index (χ0n) is 32.2. The van der Waals surface area contributed by atoms with Gasteiger partial charge in [-0.2, -0.15) is 0 Å². The number of hydrogen-bond acceptors (Lipinski definition) is 3. The van der Waals surface area contributed by atoms with E-state index in [0.717, 1.165) is 24.6 Å². The number of ether oxygens (including phenoxy) is 2. The normalized spacial score (nSPS) is 14.7. The fourth-order valence-electron chi connectivity index (χ4n) is 8.05. The Balaban J connectivity index is 0.00000497. The molecular formula is C49H51ClN2O2. The largest absolute Gasteiger partial charge is 1.00 e. The Kier molecular flexibility index (Phi) is 12.2. The van der Waals surface area contributed by atoms with E-state index >= 15 is 0 Å². The second kappa shape index (κ2) is 17.2. The highest BCUT2D eigenvalue weighted by Crippen LogP contribution is 2.45. The molecule has 0 unspecified atom stereocenters. The van der Waals surface area contributed by atoms with Crippen LogP contribution in [0, 0.1) is 0 Å². The fourth-order valence-corrected chi connectivity index (χ4v) is 8.05. The summed E-state index contributed by atoms with van der Waals surface area (Å²) in [5.41, 5.74) is 12.7. The van der Waals surface area contributed by atoms with Gasteiger partial charge >= 0.3 is 0 Å². The summed E-state index contributed by atoms with van der Waals surface area (Å²) in [5, 5.41) is 0. The molecular weight excluding hydrogens is 684 g/mol. The standard InChI is InChI=1S/C49H51N2O2.ClH/c1-34(38-19-11-7-12-20-38)44-29-42(52-5)30-45(35(2)39-21-13-8-14-22-39)48(44)50-27-28-51(33-50)49-46(36(3)40-23-15-9-16-24-40)31-43(53-6)32-47(49)37(4)41-25-17-10-18-26-41;/h7-26,29-37H,27-28H2,1-6H3;1H/q+1;/p-1/t34-,35-,36-,37-;/m1./s1. The summed E-state index contributed by atoms with van der Waals surface area (Å²) in [6.45, 7) is 11.0. The molecule has 0 aliphatic carbocycles. The third-order valence-corrected chi connectivity index (χ3v) is 11.3. The predicted octanol–water partition coefficient (Wildman–Crippen LogP) is 8.51. The highest BCUT2D eigenvalue weighted by atomic mass is 35.5. The lowest BCUT2D eigenvalue weighted by Gasteiger charge is -2.25. The van der Waals surface area contributed by atoms with E-state index in [0.29, 0.717) is 0 Å². The number of anilines is 1. The van der Waals surface area contributed by atoms with Gasteiger partial charge in [-0.25, -0.2) is 9.48 Å². The van der Waals surface area contributed by atoms with Gasteiger partial charge in [-0.1, -0.05) is 149 Å². The molecule has 0 radical (unpaired) electrons. The van der Waals surface area contributed by atoms with Gasteiger partial charge in [0, 0.05) is 45.9 Å². The Hall–Kier alpha value is -5.32. The van der Waals surface area contributed by atoms with Gasteiger partial charge in [0.1, 0.15) is 36.0 Å². The van der Waals surface area contributed by atoms with E-state index in [1.165, 1.54) is 55.9 Å². The Morgan fingerprint density at radius 2 is 0.796 bits per heavy atom. The van der Waals surface area contributed by atoms with Crippen LogP contribution in [-0.2, 0) is 0 Å². The lowest BCUT2D eigenvalue weighted by atomic mass is 9.84. The lowest BCUT2D eigenvalue weighted by Crippen LogP contribution is -3.00. The second-order valence-corrected chi connectivity index (χ2v) is 14.3. The van der Waals surface area contributed by atoms with E-state index in [1.807, 2.05) is 0 Å². The van der Waals surface area contributed by atoms with Gasteiger partial charge < -0.3 is 21.9 Å². The van der Waals surface area contributed by atoms with Crippen molar-refractivity contribution in [1.82, 2.24) is 0 Å². The first-order valence-electron chi connectivity index (χ1n) is 18.9. The molecule has 0 saturated heterocycles. The van der Waals surface area contributed by atoms with E-state index in [1.54, 1.807) is 14.2 Å². The SMILES string of the molecule is COc1cc([C@H](C)c2ccccc2)c(N2C=[N+](c3c([C@H](C)c4ccccc4)cc(OC)cc3[C@H](C)c3ccccc3)CC2)c([C@H](C)c2ccccc2)c1.[Cl-]. The van der Waals surface area contributed by atoms with Gasteiger partial charge in [-0.05, 0) is 46.5 Å². The lowest BCUT2D eigenvalue weighted by molar-refractivity contribution is -0.425. The molecule has 1 aliphatic rings. The number of halogens is 1. The Morgan fingerprint density at radius 3 is 1.13 bits per heavy atom. The molecule has 4 atom stereocenters. The molecule has 1 heterocycles. The first kappa shape index (κ1) is 38.4. The molecule has 6 aromatic carbocycles. The fraction of sp³-hybridized carbons (Fsp3) is 0.245. The summed E-state index contributed by atoms with van der Waals surface area (Å²) in [7, 11) is 3.56. The van der Waals surface area contributed by atoms with Gasteiger partial charge in [0.05, 0.1) is 14.2 Å². The molecule has 0 bridgehead atoms. The molecule has 54 heavy (non-hydrogen) atoms. The molecule has 0 aromatic heterocycles. The van der Waals surface area contributed by atoms with Crippen LogP contribution < -0.4 is 26.8 Å². The zero-order chi connectivity index (χ0) is 36.9. The topological polar surface area (TPSA) is 24.7 Å². The van der Waals surface area contributed by atoms with Crippen molar-refractivity contribution < 1.29 is 26.5 Å². The summed E-state index contributed by atoms with van der Waals surface area (Å²) in [6.07, 6.45) is 2.37. The van der Waals surface area contributed by atoms with Crippen molar-refractivity contribution in [2.24, 2.45) is 0 Å². The van der Waals surface area contributed by atoms with E-state index in [4.69, 9.17) is 9.47 Å². The number of methoxy groups -OCH3 is 2. The van der Waals surface area contributed by atoms with E-state index in [9.17, 15) is 0 Å². The highest BCUT2D eigenvalue weighted by molar-refractivity contribution is 5.84. The van der Waals surface area contributed by atoms with E-state index in [-0.39, 0.29) is 36.1 Å². The third-order valence-electron chi connectivity index (χ3n) is 11.3. The van der Waals surface area contributed by atoms with Crippen LogP contribution in [0.2, 0.25) is 0 Å². The minimum Gasteiger partial charge on any atom is -1.00 e. The first-order valence-corrected chi connectivity index (χ1v) is 18.9. The van der Waals surface area contributed by atoms with Crippen molar-refractivity contribution in [2.45, 2.75) is 51.4 Å². The average Bonchev–Trinajstić information content (AvgIpc) is 3.72. The van der Waals surface area contributed by atoms with Crippen LogP contribution in [0.5, 0.6) is 11.5 Å². The quantitative estimate of drug-likeness (QED) is 0.118. The average molecular weight is 735 g/mol. The minimum absolute atomic E-state index is 0. The molecule has 7 rings (SSSR count). The summed E-state index contributed by atoms with van der Waals surface area (Å²) in [5.74, 6) is 2.35. The number of hydrogen-bond donors (Lipinski definition) is 0. The molecule has 0 N–H and O–H groups in total. The minimum atomic E-state index is 0. The van der Waals surface area contributed by atoms with Crippen LogP contribution >= 0.6 is 0 Å². The van der Waals surface area contributed by atoms with Crippen molar-refractivity contribution in [3.8, 4) is 11.5 Å². The van der Waals surface area contributed by atoms with Crippen LogP contribution in [0.4, 0.5) is 11.4 Å². The van der Waals surface area contributed by atoms with Crippen LogP contribution in [0.25, 0.3) is 0 Å². The van der Waals surface area contributed by atoms with Gasteiger partial charge in [-0.3, -0.25) is 0 Å². The van der Waals surface area contributed by atoms with Crippen LogP contribution in [0.15, 0.2) is 146 Å². The van der Waals surface area contributed by atoms with Crippen LogP contribution in [0.3, 0.4) is 0 Å². The van der Waals surface area contributed by atoms with Crippen molar-refractivity contribution in [3.05, 3.63) is 190 Å². The van der Waals surface area contributed by atoms with Crippen molar-refractivity contribution >= 4 is 17.7 Å². The smallest absolute Gasteiger partial charge is 0.244 e. The maximum Gasteiger partial charge on any atom is 0.244 e. The molecule has 0 fully saturated rings. The number of benzene rings is 6. The predicted molar refractivity (Wildman–Crippen MR) is 220 cm³/mol. The first-order chi connectivity index (χ1) is 25.9. The second-order valence-electron chi connectivity index (χ2n) is 14.3. The Labute approximate surface area is 328 Å². The van der Waals surface area contributed by atoms with Gasteiger partial charge in [0.2, 0.25) is 6.34 Å². The maximum atomic E-state index is 6.01. The molecule has 5 heteroatoms. The van der Waals surface area contributed by atoms with E-state index < -0.39 is 0 Å². The van der Waals surface area contributed by atoms with Gasteiger partial charge in [0.15, 0.2) is 0 Å². The Morgan fingerprint density at radius 1 is 0.481 bits per heavy atom. The zero-order valence-corrected chi connectivity index (χ0v) is 33.0. The molecule has 1 aliphatic heterocycles. The molecule has 0 saturated carbocycles. The van der Waals surface area contributed by atoms with Crippen molar-refractivity contribution in [2.75, 3.05) is 32.2 Å². The number of nitrogens with zero attached hydrogens (tertiary/aromatic N) is 2. The van der Waals surface area contributed by atoms with Crippen molar-refractivity contribution in [1.29, 1.82) is 0 Å². The van der Waals surface area contributed by atoms with Gasteiger partial charge in [0.25, 0.3) is 0 Å². The summed E-state index contributed by atoms with van der Waals surface area (Å²) in [6, 6.07) is 52.4. The monoisotopic (exact) mass is 734 g/mol. The van der Waals surface area contributed by atoms with Gasteiger partial charge in [-0.15, -0.1) is 0 Å². The third kappa shape index (κ3) is 7.81. The van der Waals surface area contributed by atoms with E-state index in [2.05, 4.69) is 189 Å². The van der Waals surface area contributed by atoms with Crippen molar-refractivity contribution in [3.63, 3.8) is 0 Å². The Bertz CT molecular complexity index is 2040. The molecule has 276 valence electrons.